The number of thioether (sulfide) groups is 1. The fourth-order valence-electron chi connectivity index (χ4n) is 2.21. The van der Waals surface area contributed by atoms with Crippen molar-refractivity contribution in [1.82, 2.24) is 10.6 Å². The van der Waals surface area contributed by atoms with Gasteiger partial charge in [0.15, 0.2) is 0 Å². The Morgan fingerprint density at radius 3 is 2.72 bits per heavy atom. The third-order valence-corrected chi connectivity index (χ3v) is 4.40. The van der Waals surface area contributed by atoms with Crippen LogP contribution in [-0.4, -0.2) is 40.7 Å². The van der Waals surface area contributed by atoms with Crippen molar-refractivity contribution in [1.29, 1.82) is 0 Å². The minimum atomic E-state index is -0.988. The maximum atomic E-state index is 11.7. The molecule has 0 aromatic rings. The maximum Gasteiger partial charge on any atom is 0.326 e. The van der Waals surface area contributed by atoms with Crippen molar-refractivity contribution in [2.24, 2.45) is 0 Å². The van der Waals surface area contributed by atoms with Gasteiger partial charge in [-0.15, -0.1) is 0 Å². The van der Waals surface area contributed by atoms with Gasteiger partial charge in [0.05, 0.1) is 0 Å². The minimum absolute atomic E-state index is 0.169. The van der Waals surface area contributed by atoms with Crippen LogP contribution < -0.4 is 10.6 Å². The molecule has 1 aliphatic carbocycles. The molecule has 5 nitrogen and oxygen atoms in total. The molecule has 1 saturated carbocycles. The lowest BCUT2D eigenvalue weighted by molar-refractivity contribution is -0.139. The number of carbonyl (C=O) groups is 2. The standard InChI is InChI=1S/C12H22N2O3S/c1-3-10(11(15)16)14-12(17)13-8-5-4-6-9(7-8)18-2/h8-10H,3-7H2,1-2H3,(H,15,16)(H2,13,14,17)/t8?,9?,10-/m0/s1. The largest absolute Gasteiger partial charge is 0.480 e. The third-order valence-electron chi connectivity index (χ3n) is 3.31. The molecule has 3 atom stereocenters. The van der Waals surface area contributed by atoms with Gasteiger partial charge in [-0.25, -0.2) is 9.59 Å². The van der Waals surface area contributed by atoms with Crippen molar-refractivity contribution >= 4 is 23.8 Å². The highest BCUT2D eigenvalue weighted by Gasteiger charge is 2.24. The summed E-state index contributed by atoms with van der Waals surface area (Å²) in [4.78, 5) is 22.5. The first-order valence-electron chi connectivity index (χ1n) is 6.39. The van der Waals surface area contributed by atoms with Gasteiger partial charge < -0.3 is 15.7 Å². The molecule has 0 spiro atoms. The Hall–Kier alpha value is -0.910. The van der Waals surface area contributed by atoms with Crippen molar-refractivity contribution < 1.29 is 14.7 Å². The molecular formula is C12H22N2O3S. The molecular weight excluding hydrogens is 252 g/mol. The van der Waals surface area contributed by atoms with E-state index in [-0.39, 0.29) is 12.1 Å². The summed E-state index contributed by atoms with van der Waals surface area (Å²) in [5, 5.41) is 14.8. The number of carboxylic acids is 1. The van der Waals surface area contributed by atoms with Gasteiger partial charge in [0, 0.05) is 11.3 Å². The second kappa shape index (κ2) is 7.51. The molecule has 1 fully saturated rings. The molecule has 0 aromatic heterocycles. The van der Waals surface area contributed by atoms with E-state index in [0.29, 0.717) is 11.7 Å². The van der Waals surface area contributed by atoms with Gasteiger partial charge in [0.1, 0.15) is 6.04 Å². The van der Waals surface area contributed by atoms with E-state index >= 15 is 0 Å². The van der Waals surface area contributed by atoms with Crippen LogP contribution >= 0.6 is 11.8 Å². The van der Waals surface area contributed by atoms with Crippen molar-refractivity contribution in [2.45, 2.75) is 56.4 Å². The number of carboxylic acid groups (broad SMARTS) is 1. The number of hydrogen-bond acceptors (Lipinski definition) is 3. The number of amides is 2. The predicted octanol–water partition coefficient (Wildman–Crippen LogP) is 1.82. The molecule has 1 aliphatic rings. The molecule has 18 heavy (non-hydrogen) atoms. The Kier molecular flexibility index (Phi) is 6.32. The first-order valence-corrected chi connectivity index (χ1v) is 7.68. The minimum Gasteiger partial charge on any atom is -0.480 e. The zero-order valence-corrected chi connectivity index (χ0v) is 11.8. The number of aliphatic carboxylic acids is 1. The number of nitrogens with one attached hydrogen (secondary N) is 2. The van der Waals surface area contributed by atoms with Gasteiger partial charge in [0.25, 0.3) is 0 Å². The fraction of sp³-hybridized carbons (Fsp3) is 0.833. The highest BCUT2D eigenvalue weighted by molar-refractivity contribution is 7.99. The zero-order chi connectivity index (χ0) is 13.5. The molecule has 0 saturated heterocycles. The van der Waals surface area contributed by atoms with Crippen LogP contribution in [0.5, 0.6) is 0 Å². The molecule has 3 N–H and O–H groups in total. The summed E-state index contributed by atoms with van der Waals surface area (Å²) in [5.74, 6) is -0.988. The summed E-state index contributed by atoms with van der Waals surface area (Å²) in [7, 11) is 0. The number of urea groups is 1. The fourth-order valence-corrected chi connectivity index (χ4v) is 3.04. The lowest BCUT2D eigenvalue weighted by Crippen LogP contribution is -2.49. The number of carbonyl (C=O) groups excluding carboxylic acids is 1. The molecule has 0 bridgehead atoms. The van der Waals surface area contributed by atoms with Crippen molar-refractivity contribution in [2.75, 3.05) is 6.26 Å². The van der Waals surface area contributed by atoms with E-state index in [1.807, 2.05) is 11.8 Å². The van der Waals surface area contributed by atoms with Gasteiger partial charge >= 0.3 is 12.0 Å². The quantitative estimate of drug-likeness (QED) is 0.714. The predicted molar refractivity (Wildman–Crippen MR) is 72.9 cm³/mol. The van der Waals surface area contributed by atoms with Crippen LogP contribution in [-0.2, 0) is 4.79 Å². The normalized spacial score (nSPS) is 25.2. The Bertz CT molecular complexity index is 299. The molecule has 0 aliphatic heterocycles. The summed E-state index contributed by atoms with van der Waals surface area (Å²) in [6.45, 7) is 1.74. The summed E-state index contributed by atoms with van der Waals surface area (Å²) < 4.78 is 0. The average Bonchev–Trinajstić information content (AvgIpc) is 2.35. The number of rotatable bonds is 5. The van der Waals surface area contributed by atoms with E-state index in [1.54, 1.807) is 6.92 Å². The molecule has 104 valence electrons. The van der Waals surface area contributed by atoms with Crippen LogP contribution in [0.2, 0.25) is 0 Å². The highest BCUT2D eigenvalue weighted by atomic mass is 32.2. The molecule has 2 unspecified atom stereocenters. The van der Waals surface area contributed by atoms with Crippen molar-refractivity contribution in [3.8, 4) is 0 Å². The average molecular weight is 274 g/mol. The SMILES string of the molecule is CC[C@H](NC(=O)NC1CCCC(SC)C1)C(=O)O. The Morgan fingerprint density at radius 1 is 1.44 bits per heavy atom. The first kappa shape index (κ1) is 15.1. The second-order valence-corrected chi connectivity index (χ2v) is 5.78. The van der Waals surface area contributed by atoms with E-state index in [1.165, 1.54) is 6.42 Å². The van der Waals surface area contributed by atoms with Gasteiger partial charge in [0.2, 0.25) is 0 Å². The molecule has 0 radical (unpaired) electrons. The van der Waals surface area contributed by atoms with Crippen LogP contribution in [0.15, 0.2) is 0 Å². The molecule has 6 heteroatoms. The summed E-state index contributed by atoms with van der Waals surface area (Å²) in [5.41, 5.74) is 0. The summed E-state index contributed by atoms with van der Waals surface area (Å²) in [6, 6.07) is -0.997. The maximum absolute atomic E-state index is 11.7. The van der Waals surface area contributed by atoms with Crippen LogP contribution in [0.4, 0.5) is 4.79 Å². The molecule has 0 aromatic carbocycles. The van der Waals surface area contributed by atoms with Crippen LogP contribution in [0.1, 0.15) is 39.0 Å². The van der Waals surface area contributed by atoms with Gasteiger partial charge in [-0.1, -0.05) is 13.3 Å². The van der Waals surface area contributed by atoms with Crippen molar-refractivity contribution in [3.63, 3.8) is 0 Å². The Morgan fingerprint density at radius 2 is 2.17 bits per heavy atom. The smallest absolute Gasteiger partial charge is 0.326 e. The topological polar surface area (TPSA) is 78.4 Å². The Labute approximate surface area is 112 Å². The lowest BCUT2D eigenvalue weighted by atomic mass is 9.95. The van der Waals surface area contributed by atoms with E-state index in [4.69, 9.17) is 5.11 Å². The molecule has 0 heterocycles. The van der Waals surface area contributed by atoms with Crippen LogP contribution in [0.25, 0.3) is 0 Å². The number of hydrogen-bond donors (Lipinski definition) is 3. The van der Waals surface area contributed by atoms with Gasteiger partial charge in [-0.05, 0) is 31.9 Å². The van der Waals surface area contributed by atoms with Crippen LogP contribution in [0, 0.1) is 0 Å². The Balaban J connectivity index is 2.37. The third kappa shape index (κ3) is 4.76. The monoisotopic (exact) mass is 274 g/mol. The van der Waals surface area contributed by atoms with E-state index in [0.717, 1.165) is 19.3 Å². The first-order chi connectivity index (χ1) is 8.56. The van der Waals surface area contributed by atoms with E-state index < -0.39 is 12.0 Å². The van der Waals surface area contributed by atoms with E-state index in [9.17, 15) is 9.59 Å². The lowest BCUT2D eigenvalue weighted by Gasteiger charge is -2.29. The summed E-state index contributed by atoms with van der Waals surface area (Å²) in [6.07, 6.45) is 6.75. The molecule has 1 rings (SSSR count). The molecule has 2 amide bonds. The van der Waals surface area contributed by atoms with Crippen LogP contribution in [0.3, 0.4) is 0 Å². The van der Waals surface area contributed by atoms with Crippen molar-refractivity contribution in [3.05, 3.63) is 0 Å². The summed E-state index contributed by atoms with van der Waals surface area (Å²) >= 11 is 1.83. The van der Waals surface area contributed by atoms with E-state index in [2.05, 4.69) is 16.9 Å². The highest BCUT2D eigenvalue weighted by Crippen LogP contribution is 2.26. The van der Waals surface area contributed by atoms with Gasteiger partial charge in [-0.2, -0.15) is 11.8 Å². The van der Waals surface area contributed by atoms with Gasteiger partial charge in [-0.3, -0.25) is 0 Å². The second-order valence-electron chi connectivity index (χ2n) is 4.64. The zero-order valence-electron chi connectivity index (χ0n) is 10.9.